The predicted molar refractivity (Wildman–Crippen MR) is 78.7 cm³/mol. The zero-order valence-electron chi connectivity index (χ0n) is 11.0. The molecule has 2 N–H and O–H groups in total. The normalized spacial score (nSPS) is 15.4. The molecule has 1 fully saturated rings. The van der Waals surface area contributed by atoms with E-state index < -0.39 is 0 Å². The first-order valence-electron chi connectivity index (χ1n) is 6.01. The third-order valence-corrected chi connectivity index (χ3v) is 3.12. The smallest absolute Gasteiger partial charge is 0.249 e. The quantitative estimate of drug-likeness (QED) is 0.629. The molecule has 1 aromatic rings. The number of anilines is 1. The number of ether oxygens (including phenoxy) is 1. The summed E-state index contributed by atoms with van der Waals surface area (Å²) in [4.78, 5) is 26.9. The van der Waals surface area contributed by atoms with Gasteiger partial charge in [0.15, 0.2) is 0 Å². The molecule has 0 saturated carbocycles. The van der Waals surface area contributed by atoms with E-state index in [0.29, 0.717) is 5.75 Å². The van der Waals surface area contributed by atoms with Gasteiger partial charge in [0.25, 0.3) is 0 Å². The van der Waals surface area contributed by atoms with E-state index in [1.54, 1.807) is 24.1 Å². The van der Waals surface area contributed by atoms with Gasteiger partial charge in [-0.3, -0.25) is 14.5 Å². The van der Waals surface area contributed by atoms with E-state index in [1.807, 2.05) is 12.1 Å². The van der Waals surface area contributed by atoms with Crippen molar-refractivity contribution in [3.63, 3.8) is 0 Å². The number of rotatable bonds is 4. The average Bonchev–Trinajstić information content (AvgIpc) is 2.42. The Hall–Kier alpha value is -2.15. The molecule has 2 amide bonds. The van der Waals surface area contributed by atoms with Gasteiger partial charge in [-0.25, -0.2) is 0 Å². The van der Waals surface area contributed by atoms with Gasteiger partial charge in [-0.05, 0) is 12.1 Å². The van der Waals surface area contributed by atoms with Crippen molar-refractivity contribution >= 4 is 34.7 Å². The van der Waals surface area contributed by atoms with E-state index in [0.717, 1.165) is 10.6 Å². The Morgan fingerprint density at radius 2 is 2.00 bits per heavy atom. The molecule has 0 bridgehead atoms. The van der Waals surface area contributed by atoms with Crippen LogP contribution in [0.3, 0.4) is 0 Å². The number of hydrogen-bond acceptors (Lipinski definition) is 5. The minimum atomic E-state index is -0.308. The van der Waals surface area contributed by atoms with Gasteiger partial charge in [0, 0.05) is 11.8 Å². The molecule has 2 rings (SSSR count). The Bertz CT molecular complexity index is 544. The number of hydrogen-bond donors (Lipinski definition) is 1. The summed E-state index contributed by atoms with van der Waals surface area (Å²) in [5, 5.41) is 0. The van der Waals surface area contributed by atoms with E-state index in [1.165, 1.54) is 0 Å². The van der Waals surface area contributed by atoms with Gasteiger partial charge in [-0.1, -0.05) is 18.3 Å². The highest BCUT2D eigenvalue weighted by Crippen LogP contribution is 2.22. The Balaban J connectivity index is 2.15. The molecule has 1 aliphatic heterocycles. The monoisotopic (exact) mass is 293 g/mol. The molecular formula is C13H15N3O3S. The third-order valence-electron chi connectivity index (χ3n) is 2.99. The van der Waals surface area contributed by atoms with Crippen molar-refractivity contribution in [3.8, 4) is 5.75 Å². The highest BCUT2D eigenvalue weighted by atomic mass is 32.1. The molecule has 7 heteroatoms. The molecule has 0 aliphatic carbocycles. The maximum absolute atomic E-state index is 12.0. The summed E-state index contributed by atoms with van der Waals surface area (Å²) >= 11 is 4.74. The molecule has 106 valence electrons. The van der Waals surface area contributed by atoms with Crippen LogP contribution < -0.4 is 15.4 Å². The zero-order valence-corrected chi connectivity index (χ0v) is 11.9. The molecule has 1 aliphatic rings. The van der Waals surface area contributed by atoms with Crippen LogP contribution in [0.25, 0.3) is 0 Å². The Kier molecular flexibility index (Phi) is 4.19. The standard InChI is InChI=1S/C13H15N3O3S/c1-19-10-4-2-3-9(5-10)15-7-12(17)16(6-11(14)20)13(18)8-15/h2-5H,6-8H2,1H3,(H2,14,20). The maximum Gasteiger partial charge on any atom is 0.249 e. The first-order chi connectivity index (χ1) is 9.51. The average molecular weight is 293 g/mol. The van der Waals surface area contributed by atoms with E-state index in [2.05, 4.69) is 0 Å². The number of amides is 2. The van der Waals surface area contributed by atoms with Crippen LogP contribution in [0.2, 0.25) is 0 Å². The minimum Gasteiger partial charge on any atom is -0.497 e. The molecular weight excluding hydrogens is 278 g/mol. The van der Waals surface area contributed by atoms with Crippen molar-refractivity contribution in [2.75, 3.05) is 31.6 Å². The molecule has 1 saturated heterocycles. The fraction of sp³-hybridized carbons (Fsp3) is 0.308. The van der Waals surface area contributed by atoms with Crippen molar-refractivity contribution in [1.29, 1.82) is 0 Å². The second-order valence-electron chi connectivity index (χ2n) is 4.40. The summed E-state index contributed by atoms with van der Waals surface area (Å²) in [5.74, 6) is 0.0571. The van der Waals surface area contributed by atoms with E-state index in [9.17, 15) is 9.59 Å². The number of methoxy groups -OCH3 is 1. The lowest BCUT2D eigenvalue weighted by atomic mass is 10.2. The fourth-order valence-corrected chi connectivity index (χ4v) is 2.14. The van der Waals surface area contributed by atoms with Gasteiger partial charge in [-0.2, -0.15) is 0 Å². The van der Waals surface area contributed by atoms with Crippen molar-refractivity contribution in [1.82, 2.24) is 4.90 Å². The van der Waals surface area contributed by atoms with Crippen LogP contribution in [0.5, 0.6) is 5.75 Å². The Morgan fingerprint density at radius 3 is 2.55 bits per heavy atom. The molecule has 0 unspecified atom stereocenters. The second kappa shape index (κ2) is 5.87. The van der Waals surface area contributed by atoms with Crippen molar-refractivity contribution < 1.29 is 14.3 Å². The summed E-state index contributed by atoms with van der Waals surface area (Å²) in [5.41, 5.74) is 6.15. The summed E-state index contributed by atoms with van der Waals surface area (Å²) in [6, 6.07) is 7.22. The van der Waals surface area contributed by atoms with Gasteiger partial charge in [0.05, 0.1) is 31.7 Å². The number of carbonyl (C=O) groups is 2. The molecule has 6 nitrogen and oxygen atoms in total. The summed E-state index contributed by atoms with van der Waals surface area (Å²) < 4.78 is 5.13. The van der Waals surface area contributed by atoms with Gasteiger partial charge in [-0.15, -0.1) is 0 Å². The molecule has 1 aromatic carbocycles. The van der Waals surface area contributed by atoms with Crippen molar-refractivity contribution in [2.45, 2.75) is 0 Å². The van der Waals surface area contributed by atoms with Crippen LogP contribution in [0.15, 0.2) is 24.3 Å². The van der Waals surface area contributed by atoms with Gasteiger partial charge in [0.2, 0.25) is 11.8 Å². The number of benzene rings is 1. The third kappa shape index (κ3) is 3.05. The van der Waals surface area contributed by atoms with Crippen molar-refractivity contribution in [2.24, 2.45) is 5.73 Å². The predicted octanol–water partition coefficient (Wildman–Crippen LogP) is 0.157. The number of thiocarbonyl (C=S) groups is 1. The van der Waals surface area contributed by atoms with Crippen LogP contribution >= 0.6 is 12.2 Å². The maximum atomic E-state index is 12.0. The number of nitrogens with two attached hydrogens (primary N) is 1. The van der Waals surface area contributed by atoms with Crippen LogP contribution in [-0.2, 0) is 9.59 Å². The number of imide groups is 1. The molecule has 0 radical (unpaired) electrons. The molecule has 0 spiro atoms. The largest absolute Gasteiger partial charge is 0.497 e. The zero-order chi connectivity index (χ0) is 14.7. The number of nitrogens with zero attached hydrogens (tertiary/aromatic N) is 2. The lowest BCUT2D eigenvalue weighted by Crippen LogP contribution is -2.55. The lowest BCUT2D eigenvalue weighted by molar-refractivity contribution is -0.144. The topological polar surface area (TPSA) is 75.9 Å². The van der Waals surface area contributed by atoms with Gasteiger partial charge in [0.1, 0.15) is 5.75 Å². The highest BCUT2D eigenvalue weighted by Gasteiger charge is 2.31. The SMILES string of the molecule is COc1cccc(N2CC(=O)N(CC(N)=S)C(=O)C2)c1. The Labute approximate surface area is 122 Å². The molecule has 0 atom stereocenters. The van der Waals surface area contributed by atoms with Crippen LogP contribution in [0.1, 0.15) is 0 Å². The Morgan fingerprint density at radius 1 is 1.35 bits per heavy atom. The molecule has 20 heavy (non-hydrogen) atoms. The fourth-order valence-electron chi connectivity index (χ4n) is 2.01. The first kappa shape index (κ1) is 14.3. The minimum absolute atomic E-state index is 0.00104. The summed E-state index contributed by atoms with van der Waals surface area (Å²) in [6.07, 6.45) is 0. The van der Waals surface area contributed by atoms with Crippen LogP contribution in [0, 0.1) is 0 Å². The van der Waals surface area contributed by atoms with Gasteiger partial charge >= 0.3 is 0 Å². The van der Waals surface area contributed by atoms with E-state index >= 15 is 0 Å². The van der Waals surface area contributed by atoms with Crippen molar-refractivity contribution in [3.05, 3.63) is 24.3 Å². The van der Waals surface area contributed by atoms with E-state index in [-0.39, 0.29) is 36.4 Å². The lowest BCUT2D eigenvalue weighted by Gasteiger charge is -2.33. The first-order valence-corrected chi connectivity index (χ1v) is 6.42. The number of carbonyl (C=O) groups excluding carboxylic acids is 2. The van der Waals surface area contributed by atoms with Crippen LogP contribution in [0.4, 0.5) is 5.69 Å². The number of piperazine rings is 1. The highest BCUT2D eigenvalue weighted by molar-refractivity contribution is 7.80. The van der Waals surface area contributed by atoms with Gasteiger partial charge < -0.3 is 15.4 Å². The molecule has 1 heterocycles. The van der Waals surface area contributed by atoms with Crippen LogP contribution in [-0.4, -0.2) is 48.4 Å². The second-order valence-corrected chi connectivity index (χ2v) is 4.92. The molecule has 0 aromatic heterocycles. The summed E-state index contributed by atoms with van der Waals surface area (Å²) in [6.45, 7) is 0.224. The summed E-state index contributed by atoms with van der Waals surface area (Å²) in [7, 11) is 1.57. The van der Waals surface area contributed by atoms with E-state index in [4.69, 9.17) is 22.7 Å².